The molecule has 6 rings (SSSR count). The van der Waals surface area contributed by atoms with Crippen molar-refractivity contribution in [1.82, 2.24) is 4.98 Å². The zero-order valence-electron chi connectivity index (χ0n) is 15.3. The van der Waals surface area contributed by atoms with Crippen molar-refractivity contribution >= 4 is 28.4 Å². The van der Waals surface area contributed by atoms with E-state index in [2.05, 4.69) is 17.1 Å². The second-order valence-corrected chi connectivity index (χ2v) is 7.89. The number of anilines is 1. The number of allylic oxidation sites excluding steroid dienone is 2. The number of fused-ring (bicyclic) bond motifs is 6. The van der Waals surface area contributed by atoms with Crippen LogP contribution >= 0.6 is 0 Å². The smallest absolute Gasteiger partial charge is 0.347 e. The number of hydrogen-bond donors (Lipinski definition) is 0. The van der Waals surface area contributed by atoms with Gasteiger partial charge in [-0.3, -0.25) is 9.59 Å². The number of nitrogens with zero attached hydrogens (tertiary/aromatic N) is 2. The molecule has 2 aromatic carbocycles. The third kappa shape index (κ3) is 2.23. The molecule has 0 radical (unpaired) electrons. The standard InChI is InChI=1S/C23H16N2O4/c26-21-18-12-8-9-13(10-12)19(18)22(27)25(21)15-5-3-4-14(11-15)20-24-17-7-2-1-6-16(17)23(28)29-20/h1-9,11-13,18-19H,10H2/t12-,13-,18+,19+/m1/s1. The summed E-state index contributed by atoms with van der Waals surface area (Å²) in [5.41, 5.74) is 1.10. The number of benzene rings is 2. The average molecular weight is 384 g/mol. The van der Waals surface area contributed by atoms with Crippen molar-refractivity contribution < 1.29 is 14.0 Å². The quantitative estimate of drug-likeness (QED) is 0.501. The highest BCUT2D eigenvalue weighted by atomic mass is 16.4. The van der Waals surface area contributed by atoms with Gasteiger partial charge in [0.2, 0.25) is 17.7 Å². The minimum atomic E-state index is -0.471. The summed E-state index contributed by atoms with van der Waals surface area (Å²) in [4.78, 5) is 44.1. The molecular weight excluding hydrogens is 368 g/mol. The number of rotatable bonds is 2. The number of imide groups is 1. The van der Waals surface area contributed by atoms with Crippen LogP contribution in [-0.4, -0.2) is 16.8 Å². The van der Waals surface area contributed by atoms with E-state index in [-0.39, 0.29) is 41.4 Å². The summed E-state index contributed by atoms with van der Waals surface area (Å²) in [5, 5.41) is 0.410. The van der Waals surface area contributed by atoms with Crippen molar-refractivity contribution in [3.05, 3.63) is 71.1 Å². The summed E-state index contributed by atoms with van der Waals surface area (Å²) >= 11 is 0. The monoisotopic (exact) mass is 384 g/mol. The highest BCUT2D eigenvalue weighted by Crippen LogP contribution is 2.53. The first-order chi connectivity index (χ1) is 14.1. The van der Waals surface area contributed by atoms with Crippen molar-refractivity contribution in [2.24, 2.45) is 23.7 Å². The summed E-state index contributed by atoms with van der Waals surface area (Å²) in [7, 11) is 0. The van der Waals surface area contributed by atoms with E-state index in [0.717, 1.165) is 6.42 Å². The highest BCUT2D eigenvalue weighted by Gasteiger charge is 2.59. The minimum absolute atomic E-state index is 0.137. The number of hydrogen-bond acceptors (Lipinski definition) is 5. The van der Waals surface area contributed by atoms with Crippen LogP contribution in [0.5, 0.6) is 0 Å². The zero-order valence-corrected chi connectivity index (χ0v) is 15.3. The van der Waals surface area contributed by atoms with E-state index in [1.165, 1.54) is 4.90 Å². The van der Waals surface area contributed by atoms with Crippen molar-refractivity contribution in [2.45, 2.75) is 6.42 Å². The fourth-order valence-corrected chi connectivity index (χ4v) is 5.08. The van der Waals surface area contributed by atoms with Gasteiger partial charge in [-0.05, 0) is 48.6 Å². The van der Waals surface area contributed by atoms with Gasteiger partial charge in [0.15, 0.2) is 0 Å². The van der Waals surface area contributed by atoms with Crippen LogP contribution in [0.25, 0.3) is 22.4 Å². The molecule has 2 amide bonds. The first kappa shape index (κ1) is 16.4. The van der Waals surface area contributed by atoms with Crippen LogP contribution in [0.3, 0.4) is 0 Å². The summed E-state index contributed by atoms with van der Waals surface area (Å²) in [6.45, 7) is 0. The lowest BCUT2D eigenvalue weighted by Crippen LogP contribution is -2.32. The molecule has 6 heteroatoms. The molecule has 0 unspecified atom stereocenters. The number of amides is 2. The van der Waals surface area contributed by atoms with Gasteiger partial charge in [-0.25, -0.2) is 14.7 Å². The van der Waals surface area contributed by atoms with E-state index in [0.29, 0.717) is 22.2 Å². The average Bonchev–Trinajstić information content (AvgIpc) is 3.42. The number of carbonyl (C=O) groups is 2. The molecule has 2 aliphatic carbocycles. The normalized spacial score (nSPS) is 27.2. The Bertz CT molecular complexity index is 1260. The Kier molecular flexibility index (Phi) is 3.25. The molecule has 1 saturated carbocycles. The Hall–Kier alpha value is -3.54. The predicted octanol–water partition coefficient (Wildman–Crippen LogP) is 3.17. The van der Waals surface area contributed by atoms with Gasteiger partial charge in [-0.15, -0.1) is 0 Å². The molecule has 3 aromatic rings. The van der Waals surface area contributed by atoms with E-state index >= 15 is 0 Å². The van der Waals surface area contributed by atoms with Crippen molar-refractivity contribution in [3.8, 4) is 11.5 Å². The van der Waals surface area contributed by atoms with E-state index in [1.807, 2.05) is 0 Å². The fraction of sp³-hybridized carbons (Fsp3) is 0.217. The Morgan fingerprint density at radius 1 is 0.897 bits per heavy atom. The molecule has 1 saturated heterocycles. The van der Waals surface area contributed by atoms with Crippen LogP contribution in [0.1, 0.15) is 6.42 Å². The lowest BCUT2D eigenvalue weighted by Gasteiger charge is -2.17. The molecule has 3 aliphatic rings. The van der Waals surface area contributed by atoms with Crippen LogP contribution < -0.4 is 10.5 Å². The maximum absolute atomic E-state index is 13.0. The first-order valence-electron chi connectivity index (χ1n) is 9.68. The Morgan fingerprint density at radius 2 is 1.62 bits per heavy atom. The third-order valence-electron chi connectivity index (χ3n) is 6.36. The van der Waals surface area contributed by atoms with Gasteiger partial charge in [0, 0.05) is 5.56 Å². The van der Waals surface area contributed by atoms with Gasteiger partial charge in [-0.2, -0.15) is 0 Å². The number of carbonyl (C=O) groups excluding carboxylic acids is 2. The Morgan fingerprint density at radius 3 is 2.38 bits per heavy atom. The van der Waals surface area contributed by atoms with Crippen LogP contribution in [0.2, 0.25) is 0 Å². The summed E-state index contributed by atoms with van der Waals surface area (Å²) in [5.74, 6) is -0.291. The zero-order chi connectivity index (χ0) is 19.7. The lowest BCUT2D eigenvalue weighted by molar-refractivity contribution is -0.123. The molecule has 1 aliphatic heterocycles. The van der Waals surface area contributed by atoms with Gasteiger partial charge in [0.25, 0.3) is 0 Å². The Labute approximate surface area is 165 Å². The van der Waals surface area contributed by atoms with Gasteiger partial charge in [0.05, 0.1) is 28.4 Å². The van der Waals surface area contributed by atoms with E-state index in [9.17, 15) is 14.4 Å². The molecule has 2 bridgehead atoms. The van der Waals surface area contributed by atoms with Crippen molar-refractivity contribution in [3.63, 3.8) is 0 Å². The molecule has 29 heavy (non-hydrogen) atoms. The summed E-state index contributed by atoms with van der Waals surface area (Å²) < 4.78 is 5.40. The highest BCUT2D eigenvalue weighted by molar-refractivity contribution is 6.23. The lowest BCUT2D eigenvalue weighted by atomic mass is 9.85. The molecule has 1 aromatic heterocycles. The second kappa shape index (κ2) is 5.73. The second-order valence-electron chi connectivity index (χ2n) is 7.89. The van der Waals surface area contributed by atoms with Crippen molar-refractivity contribution in [1.29, 1.82) is 0 Å². The molecular formula is C23H16N2O4. The summed E-state index contributed by atoms with van der Waals surface area (Å²) in [6, 6.07) is 13.9. The van der Waals surface area contributed by atoms with E-state index in [1.54, 1.807) is 48.5 Å². The van der Waals surface area contributed by atoms with Crippen LogP contribution in [0.15, 0.2) is 69.9 Å². The topological polar surface area (TPSA) is 80.5 Å². The van der Waals surface area contributed by atoms with E-state index < -0.39 is 5.63 Å². The van der Waals surface area contributed by atoms with Gasteiger partial charge in [0.1, 0.15) is 0 Å². The molecule has 142 valence electrons. The summed E-state index contributed by atoms with van der Waals surface area (Å²) in [6.07, 6.45) is 5.04. The molecule has 4 atom stereocenters. The van der Waals surface area contributed by atoms with E-state index in [4.69, 9.17) is 4.42 Å². The predicted molar refractivity (Wildman–Crippen MR) is 106 cm³/mol. The van der Waals surface area contributed by atoms with Gasteiger partial charge < -0.3 is 4.42 Å². The maximum Gasteiger partial charge on any atom is 0.347 e. The molecule has 6 nitrogen and oxygen atoms in total. The number of aromatic nitrogens is 1. The van der Waals surface area contributed by atoms with Crippen LogP contribution in [0.4, 0.5) is 5.69 Å². The van der Waals surface area contributed by atoms with Gasteiger partial charge >= 0.3 is 5.63 Å². The molecule has 2 fully saturated rings. The Balaban J connectivity index is 1.42. The molecule has 0 N–H and O–H groups in total. The van der Waals surface area contributed by atoms with Crippen LogP contribution in [-0.2, 0) is 9.59 Å². The SMILES string of the molecule is O=C1[C@@H]2[C@@H](C(=O)N1c1cccc(-c3nc4ccccc4c(=O)o3)c1)[C@@H]1C=C[C@@H]2C1. The van der Waals surface area contributed by atoms with Gasteiger partial charge in [-0.1, -0.05) is 30.4 Å². The minimum Gasteiger partial charge on any atom is -0.403 e. The molecule has 0 spiro atoms. The maximum atomic E-state index is 13.0. The fourth-order valence-electron chi connectivity index (χ4n) is 5.08. The first-order valence-corrected chi connectivity index (χ1v) is 9.68. The van der Waals surface area contributed by atoms with Crippen LogP contribution in [0, 0.1) is 23.7 Å². The number of para-hydroxylation sites is 1. The van der Waals surface area contributed by atoms with Crippen molar-refractivity contribution in [2.75, 3.05) is 4.90 Å². The molecule has 2 heterocycles. The largest absolute Gasteiger partial charge is 0.403 e. The third-order valence-corrected chi connectivity index (χ3v) is 6.36.